The Morgan fingerprint density at radius 1 is 0.762 bits per heavy atom. The van der Waals surface area contributed by atoms with Gasteiger partial charge in [-0.2, -0.15) is 12.6 Å². The fourth-order valence-corrected chi connectivity index (χ4v) is 3.83. The summed E-state index contributed by atoms with van der Waals surface area (Å²) in [5.74, 6) is -2.54. The molecule has 236 valence electrons. The largest absolute Gasteiger partial charge is 0.480 e. The number of Topliss-reactive ketones (excluding diaryl/α,β-unsaturated/α-hetero) is 1. The predicted octanol–water partition coefficient (Wildman–Crippen LogP) is 1.77. The van der Waals surface area contributed by atoms with Crippen molar-refractivity contribution < 1.29 is 47.9 Å². The summed E-state index contributed by atoms with van der Waals surface area (Å²) in [5, 5.41) is 11.7. The van der Waals surface area contributed by atoms with Gasteiger partial charge in [0.05, 0.1) is 80.5 Å². The van der Waals surface area contributed by atoms with Gasteiger partial charge in [-0.3, -0.25) is 9.59 Å². The monoisotopic (exact) mass is 611 g/mol. The average Bonchev–Trinajstić information content (AvgIpc) is 2.98. The first kappa shape index (κ1) is 38.0. The van der Waals surface area contributed by atoms with Crippen molar-refractivity contribution in [1.82, 2.24) is 5.32 Å². The van der Waals surface area contributed by atoms with Crippen molar-refractivity contribution in [2.24, 2.45) is 5.92 Å². The number of hydrogen-bond acceptors (Lipinski definition) is 10. The third-order valence-corrected chi connectivity index (χ3v) is 6.21. The maximum Gasteiger partial charge on any atom is 0.327 e. The van der Waals surface area contributed by atoms with Crippen LogP contribution in [0.25, 0.3) is 0 Å². The van der Waals surface area contributed by atoms with Gasteiger partial charge in [-0.1, -0.05) is 36.7 Å². The van der Waals surface area contributed by atoms with Crippen LogP contribution in [0.15, 0.2) is 30.3 Å². The number of carbonyl (C=O) groups is 3. The average molecular weight is 612 g/mol. The lowest BCUT2D eigenvalue weighted by atomic mass is 9.92. The van der Waals surface area contributed by atoms with Crippen LogP contribution in [0.2, 0.25) is 6.32 Å². The van der Waals surface area contributed by atoms with Crippen molar-refractivity contribution in [2.75, 3.05) is 85.0 Å². The lowest BCUT2D eigenvalue weighted by Gasteiger charge is -2.19. The van der Waals surface area contributed by atoms with Crippen LogP contribution in [-0.4, -0.2) is 122 Å². The second-order valence-electron chi connectivity index (χ2n) is 9.28. The molecule has 1 amide bonds. The SMILES string of the molecule is [B]CCCOCCOCCOCCOCCOCCOCCC(=O)C[C@@H](Cc1ccccc1)C(=O)N[C@@H](CS)C(=O)O. The molecule has 0 bridgehead atoms. The Kier molecular flexibility index (Phi) is 24.1. The number of benzene rings is 1. The molecule has 0 aliphatic heterocycles. The number of nitrogens with one attached hydrogen (secondary N) is 1. The normalized spacial score (nSPS) is 12.6. The van der Waals surface area contributed by atoms with E-state index in [0.29, 0.717) is 85.4 Å². The molecule has 1 aromatic rings. The molecule has 0 aromatic heterocycles. The number of thiol groups is 1. The van der Waals surface area contributed by atoms with Gasteiger partial charge >= 0.3 is 5.97 Å². The van der Waals surface area contributed by atoms with Crippen LogP contribution >= 0.6 is 12.6 Å². The third-order valence-electron chi connectivity index (χ3n) is 5.85. The molecule has 0 heterocycles. The van der Waals surface area contributed by atoms with E-state index in [9.17, 15) is 19.5 Å². The van der Waals surface area contributed by atoms with Crippen LogP contribution in [0.1, 0.15) is 24.8 Å². The van der Waals surface area contributed by atoms with Crippen molar-refractivity contribution in [3.8, 4) is 0 Å². The lowest BCUT2D eigenvalue weighted by molar-refractivity contribution is -0.142. The molecule has 11 nitrogen and oxygen atoms in total. The fraction of sp³-hybridized carbons (Fsp3) is 0.690. The number of aliphatic carboxylic acids is 1. The van der Waals surface area contributed by atoms with Gasteiger partial charge in [0.1, 0.15) is 11.8 Å². The number of amides is 1. The van der Waals surface area contributed by atoms with Gasteiger partial charge in [-0.15, -0.1) is 0 Å². The molecule has 0 aliphatic rings. The van der Waals surface area contributed by atoms with Crippen molar-refractivity contribution in [3.63, 3.8) is 0 Å². The van der Waals surface area contributed by atoms with Crippen LogP contribution < -0.4 is 5.32 Å². The van der Waals surface area contributed by atoms with E-state index in [2.05, 4.69) is 17.9 Å². The van der Waals surface area contributed by atoms with Gasteiger partial charge in [0.2, 0.25) is 5.91 Å². The number of ether oxygens (including phenoxy) is 6. The molecule has 42 heavy (non-hydrogen) atoms. The van der Waals surface area contributed by atoms with Crippen LogP contribution in [0, 0.1) is 5.92 Å². The molecule has 2 atom stereocenters. The Morgan fingerprint density at radius 2 is 1.24 bits per heavy atom. The highest BCUT2D eigenvalue weighted by Gasteiger charge is 2.26. The molecular weight excluding hydrogens is 565 g/mol. The highest BCUT2D eigenvalue weighted by Crippen LogP contribution is 2.15. The predicted molar refractivity (Wildman–Crippen MR) is 161 cm³/mol. The fourth-order valence-electron chi connectivity index (χ4n) is 3.58. The Morgan fingerprint density at radius 3 is 1.69 bits per heavy atom. The Balaban J connectivity index is 2.07. The summed E-state index contributed by atoms with van der Waals surface area (Å²) >= 11 is 3.99. The second kappa shape index (κ2) is 26.6. The highest BCUT2D eigenvalue weighted by atomic mass is 32.1. The van der Waals surface area contributed by atoms with E-state index >= 15 is 0 Å². The minimum Gasteiger partial charge on any atom is -0.480 e. The standard InChI is InChI=1S/C29H46BNO10S/c30-8-4-9-36-11-13-38-15-17-40-19-20-41-18-16-39-14-12-37-10-7-26(32)22-25(21-24-5-2-1-3-6-24)28(33)31-27(23-42)29(34)35/h1-3,5-6,25,27,42H,4,7-23H2,(H,31,33)(H,34,35)/t25-,27+/m1/s1. The van der Waals surface area contributed by atoms with E-state index in [1.54, 1.807) is 0 Å². The zero-order chi connectivity index (χ0) is 30.7. The number of rotatable bonds is 29. The van der Waals surface area contributed by atoms with Crippen molar-refractivity contribution >= 4 is 38.1 Å². The zero-order valence-electron chi connectivity index (χ0n) is 24.4. The van der Waals surface area contributed by atoms with E-state index < -0.39 is 23.8 Å². The van der Waals surface area contributed by atoms with Gasteiger partial charge < -0.3 is 38.8 Å². The molecule has 13 heteroatoms. The first-order valence-electron chi connectivity index (χ1n) is 14.3. The van der Waals surface area contributed by atoms with E-state index in [1.807, 2.05) is 30.3 Å². The van der Waals surface area contributed by atoms with Crippen LogP contribution in [0.4, 0.5) is 0 Å². The van der Waals surface area contributed by atoms with Gasteiger partial charge in [0, 0.05) is 31.1 Å². The number of ketones is 1. The van der Waals surface area contributed by atoms with E-state index in [4.69, 9.17) is 36.3 Å². The minimum atomic E-state index is -1.17. The maximum absolute atomic E-state index is 12.8. The summed E-state index contributed by atoms with van der Waals surface area (Å²) in [5.41, 5.74) is 0.884. The molecule has 0 unspecified atom stereocenters. The molecule has 0 saturated carbocycles. The van der Waals surface area contributed by atoms with Crippen LogP contribution in [0.3, 0.4) is 0 Å². The van der Waals surface area contributed by atoms with Crippen molar-refractivity contribution in [3.05, 3.63) is 35.9 Å². The Labute approximate surface area is 256 Å². The third kappa shape index (κ3) is 20.8. The lowest BCUT2D eigenvalue weighted by Crippen LogP contribution is -2.45. The summed E-state index contributed by atoms with van der Waals surface area (Å²) in [6.07, 6.45) is 1.92. The maximum atomic E-state index is 12.8. The van der Waals surface area contributed by atoms with Crippen molar-refractivity contribution in [2.45, 2.75) is 38.0 Å². The Bertz CT molecular complexity index is 836. The van der Waals surface area contributed by atoms with E-state index in [0.717, 1.165) is 12.0 Å². The molecule has 0 saturated heterocycles. The number of carboxylic acid groups (broad SMARTS) is 1. The highest BCUT2D eigenvalue weighted by molar-refractivity contribution is 7.80. The van der Waals surface area contributed by atoms with Crippen molar-refractivity contribution in [1.29, 1.82) is 0 Å². The number of carboxylic acids is 1. The molecule has 0 fully saturated rings. The summed E-state index contributed by atoms with van der Waals surface area (Å²) < 4.78 is 32.5. The molecule has 1 rings (SSSR count). The quantitative estimate of drug-likeness (QED) is 0.0698. The molecule has 0 aliphatic carbocycles. The minimum absolute atomic E-state index is 0.0157. The van der Waals surface area contributed by atoms with Crippen LogP contribution in [0.5, 0.6) is 0 Å². The van der Waals surface area contributed by atoms with E-state index in [1.165, 1.54) is 0 Å². The Hall–Kier alpha value is -2.00. The number of hydrogen-bond donors (Lipinski definition) is 3. The number of carbonyl (C=O) groups excluding carboxylic acids is 2. The summed E-state index contributed by atoms with van der Waals surface area (Å²) in [6, 6.07) is 8.16. The molecule has 2 N–H and O–H groups in total. The molecule has 1 aromatic carbocycles. The smallest absolute Gasteiger partial charge is 0.327 e. The van der Waals surface area contributed by atoms with Crippen LogP contribution in [-0.2, 0) is 49.2 Å². The van der Waals surface area contributed by atoms with Gasteiger partial charge in [-0.25, -0.2) is 4.79 Å². The zero-order valence-corrected chi connectivity index (χ0v) is 25.3. The molecule has 2 radical (unpaired) electrons. The first-order valence-corrected chi connectivity index (χ1v) is 15.0. The first-order chi connectivity index (χ1) is 20.5. The van der Waals surface area contributed by atoms with Gasteiger partial charge in [0.15, 0.2) is 0 Å². The summed E-state index contributed by atoms with van der Waals surface area (Å²) in [4.78, 5) is 36.6. The summed E-state index contributed by atoms with van der Waals surface area (Å²) in [7, 11) is 5.38. The van der Waals surface area contributed by atoms with E-state index in [-0.39, 0.29) is 31.0 Å². The second-order valence-corrected chi connectivity index (χ2v) is 9.64. The van der Waals surface area contributed by atoms with Gasteiger partial charge in [-0.05, 0) is 18.4 Å². The van der Waals surface area contributed by atoms with Gasteiger partial charge in [0.25, 0.3) is 0 Å². The summed E-state index contributed by atoms with van der Waals surface area (Å²) in [6.45, 7) is 5.39. The molecular formula is C29H46BNO10S. The molecule has 0 spiro atoms. The topological polar surface area (TPSA) is 139 Å².